The van der Waals surface area contributed by atoms with Crippen molar-refractivity contribution < 1.29 is 14.3 Å². The molecule has 104 valence electrons. The number of methoxy groups -OCH3 is 1. The van der Waals surface area contributed by atoms with Gasteiger partial charge in [0.2, 0.25) is 0 Å². The Bertz CT molecular complexity index is 666. The molecule has 2 aromatic rings. The van der Waals surface area contributed by atoms with Gasteiger partial charge in [-0.2, -0.15) is 0 Å². The molecule has 4 nitrogen and oxygen atoms in total. The average Bonchev–Trinajstić information content (AvgIpc) is 2.89. The van der Waals surface area contributed by atoms with Crippen LogP contribution in [0.1, 0.15) is 25.6 Å². The summed E-state index contributed by atoms with van der Waals surface area (Å²) in [5.41, 5.74) is 1.60. The molecule has 1 heterocycles. The molecule has 20 heavy (non-hydrogen) atoms. The summed E-state index contributed by atoms with van der Waals surface area (Å²) in [4.78, 5) is 24.1. The number of amides is 1. The molecule has 6 heteroatoms. The molecule has 0 fully saturated rings. The number of nitrogens with one attached hydrogen (secondary N) is 1. The standard InChI is InChI=1S/C14H12ClNO3S/c1-8-9(4-3-5-10(8)15)13(17)16-11-6-7-20-12(11)14(18)19-2/h3-7H,1-2H3,(H,16,17). The number of hydrogen-bond acceptors (Lipinski definition) is 4. The van der Waals surface area contributed by atoms with Crippen LogP contribution >= 0.6 is 22.9 Å². The van der Waals surface area contributed by atoms with Gasteiger partial charge in [-0.05, 0) is 36.1 Å². The van der Waals surface area contributed by atoms with Gasteiger partial charge in [0.25, 0.3) is 5.91 Å². The van der Waals surface area contributed by atoms with Gasteiger partial charge in [0.1, 0.15) is 4.88 Å². The van der Waals surface area contributed by atoms with Crippen molar-refractivity contribution in [2.45, 2.75) is 6.92 Å². The van der Waals surface area contributed by atoms with E-state index in [1.807, 2.05) is 0 Å². The van der Waals surface area contributed by atoms with Gasteiger partial charge in [-0.1, -0.05) is 17.7 Å². The van der Waals surface area contributed by atoms with E-state index in [1.54, 1.807) is 36.6 Å². The fraction of sp³-hybridized carbons (Fsp3) is 0.143. The average molecular weight is 310 g/mol. The Morgan fingerprint density at radius 1 is 1.30 bits per heavy atom. The molecule has 1 N–H and O–H groups in total. The van der Waals surface area contributed by atoms with E-state index in [-0.39, 0.29) is 5.91 Å². The number of halogens is 1. The van der Waals surface area contributed by atoms with E-state index in [9.17, 15) is 9.59 Å². The SMILES string of the molecule is COC(=O)c1sccc1NC(=O)c1cccc(Cl)c1C. The summed E-state index contributed by atoms with van der Waals surface area (Å²) < 4.78 is 4.66. The van der Waals surface area contributed by atoms with Crippen molar-refractivity contribution in [2.24, 2.45) is 0 Å². The third-order valence-electron chi connectivity index (χ3n) is 2.80. The molecule has 0 atom stereocenters. The molecule has 0 radical (unpaired) electrons. The molecule has 0 unspecified atom stereocenters. The zero-order chi connectivity index (χ0) is 14.7. The number of thiophene rings is 1. The molecule has 1 aromatic heterocycles. The Kier molecular flexibility index (Phi) is 4.42. The van der Waals surface area contributed by atoms with Gasteiger partial charge in [0.05, 0.1) is 12.8 Å². The van der Waals surface area contributed by atoms with E-state index < -0.39 is 5.97 Å². The summed E-state index contributed by atoms with van der Waals surface area (Å²) in [5.74, 6) is -0.785. The van der Waals surface area contributed by atoms with Gasteiger partial charge in [0, 0.05) is 10.6 Å². The first-order valence-electron chi connectivity index (χ1n) is 5.77. The van der Waals surface area contributed by atoms with Crippen LogP contribution in [0.5, 0.6) is 0 Å². The van der Waals surface area contributed by atoms with E-state index in [2.05, 4.69) is 10.1 Å². The number of esters is 1. The molecule has 1 amide bonds. The summed E-state index contributed by atoms with van der Waals surface area (Å²) >= 11 is 7.20. The van der Waals surface area contributed by atoms with Crippen molar-refractivity contribution in [1.82, 2.24) is 0 Å². The van der Waals surface area contributed by atoms with Crippen molar-refractivity contribution in [2.75, 3.05) is 12.4 Å². The second-order valence-electron chi connectivity index (χ2n) is 4.02. The van der Waals surface area contributed by atoms with Gasteiger partial charge in [-0.25, -0.2) is 4.79 Å². The lowest BCUT2D eigenvalue weighted by Gasteiger charge is -2.08. The summed E-state index contributed by atoms with van der Waals surface area (Å²) in [6, 6.07) is 6.77. The van der Waals surface area contributed by atoms with Crippen LogP contribution < -0.4 is 5.32 Å². The zero-order valence-electron chi connectivity index (χ0n) is 10.9. The Hall–Kier alpha value is -1.85. The van der Waals surface area contributed by atoms with Gasteiger partial charge in [-0.3, -0.25) is 4.79 Å². The highest BCUT2D eigenvalue weighted by atomic mass is 35.5. The van der Waals surface area contributed by atoms with Crippen LogP contribution in [0, 0.1) is 6.92 Å². The Morgan fingerprint density at radius 2 is 2.05 bits per heavy atom. The van der Waals surface area contributed by atoms with Crippen LogP contribution in [0.25, 0.3) is 0 Å². The third kappa shape index (κ3) is 2.84. The maximum atomic E-state index is 12.2. The molecule has 2 rings (SSSR count). The quantitative estimate of drug-likeness (QED) is 0.879. The van der Waals surface area contributed by atoms with Crippen LogP contribution in [0.4, 0.5) is 5.69 Å². The van der Waals surface area contributed by atoms with Crippen molar-refractivity contribution >= 4 is 40.5 Å². The molecule has 1 aromatic carbocycles. The van der Waals surface area contributed by atoms with Crippen molar-refractivity contribution in [3.8, 4) is 0 Å². The molecule has 0 saturated heterocycles. The molecule has 0 aliphatic rings. The highest BCUT2D eigenvalue weighted by molar-refractivity contribution is 7.12. The minimum Gasteiger partial charge on any atom is -0.465 e. The van der Waals surface area contributed by atoms with Crippen LogP contribution in [0.2, 0.25) is 5.02 Å². The third-order valence-corrected chi connectivity index (χ3v) is 4.10. The Morgan fingerprint density at radius 3 is 2.75 bits per heavy atom. The highest BCUT2D eigenvalue weighted by Crippen LogP contribution is 2.25. The van der Waals surface area contributed by atoms with E-state index in [1.165, 1.54) is 18.4 Å². The molecule has 0 bridgehead atoms. The van der Waals surface area contributed by atoms with Gasteiger partial charge in [0.15, 0.2) is 0 Å². The number of carbonyl (C=O) groups excluding carboxylic acids is 2. The molecule has 0 aliphatic carbocycles. The van der Waals surface area contributed by atoms with Crippen LogP contribution in [-0.4, -0.2) is 19.0 Å². The second-order valence-corrected chi connectivity index (χ2v) is 5.34. The predicted octanol–water partition coefficient (Wildman–Crippen LogP) is 3.75. The minimum atomic E-state index is -0.474. The first kappa shape index (κ1) is 14.6. The van der Waals surface area contributed by atoms with Gasteiger partial charge >= 0.3 is 5.97 Å². The van der Waals surface area contributed by atoms with E-state index in [0.29, 0.717) is 26.7 Å². The fourth-order valence-corrected chi connectivity index (χ4v) is 2.64. The maximum absolute atomic E-state index is 12.2. The molecule has 0 saturated carbocycles. The predicted molar refractivity (Wildman–Crippen MR) is 79.8 cm³/mol. The molecular weight excluding hydrogens is 298 g/mol. The number of ether oxygens (including phenoxy) is 1. The number of anilines is 1. The number of carbonyl (C=O) groups is 2. The van der Waals surface area contributed by atoms with E-state index >= 15 is 0 Å². The normalized spacial score (nSPS) is 10.2. The number of rotatable bonds is 3. The zero-order valence-corrected chi connectivity index (χ0v) is 12.5. The summed E-state index contributed by atoms with van der Waals surface area (Å²) in [6.07, 6.45) is 0. The van der Waals surface area contributed by atoms with Crippen molar-refractivity contribution in [3.05, 3.63) is 50.7 Å². The highest BCUT2D eigenvalue weighted by Gasteiger charge is 2.17. The van der Waals surface area contributed by atoms with Crippen LogP contribution in [-0.2, 0) is 4.74 Å². The number of hydrogen-bond donors (Lipinski definition) is 1. The Balaban J connectivity index is 2.27. The topological polar surface area (TPSA) is 55.4 Å². The van der Waals surface area contributed by atoms with Crippen LogP contribution in [0.3, 0.4) is 0 Å². The smallest absolute Gasteiger partial charge is 0.350 e. The minimum absolute atomic E-state index is 0.312. The molecular formula is C14H12ClNO3S. The Labute approximate surface area is 125 Å². The first-order valence-corrected chi connectivity index (χ1v) is 7.02. The molecule has 0 aliphatic heterocycles. The largest absolute Gasteiger partial charge is 0.465 e. The first-order chi connectivity index (χ1) is 9.54. The van der Waals surface area contributed by atoms with Gasteiger partial charge in [-0.15, -0.1) is 11.3 Å². The second kappa shape index (κ2) is 6.07. The fourth-order valence-electron chi connectivity index (χ4n) is 1.70. The lowest BCUT2D eigenvalue weighted by atomic mass is 10.1. The monoisotopic (exact) mass is 309 g/mol. The summed E-state index contributed by atoms with van der Waals surface area (Å²) in [7, 11) is 1.30. The van der Waals surface area contributed by atoms with Crippen LogP contribution in [0.15, 0.2) is 29.6 Å². The maximum Gasteiger partial charge on any atom is 0.350 e. The summed E-state index contributed by atoms with van der Waals surface area (Å²) in [5, 5.41) is 4.94. The molecule has 0 spiro atoms. The van der Waals surface area contributed by atoms with Crippen molar-refractivity contribution in [1.29, 1.82) is 0 Å². The number of benzene rings is 1. The van der Waals surface area contributed by atoms with Gasteiger partial charge < -0.3 is 10.1 Å². The van der Waals surface area contributed by atoms with E-state index in [4.69, 9.17) is 11.6 Å². The lowest BCUT2D eigenvalue weighted by molar-refractivity contribution is 0.0607. The van der Waals surface area contributed by atoms with Crippen molar-refractivity contribution in [3.63, 3.8) is 0 Å². The summed E-state index contributed by atoms with van der Waals surface area (Å²) in [6.45, 7) is 1.77. The lowest BCUT2D eigenvalue weighted by Crippen LogP contribution is -2.15. The van der Waals surface area contributed by atoms with E-state index in [0.717, 1.165) is 0 Å².